The van der Waals surface area contributed by atoms with Gasteiger partial charge in [0.05, 0.1) is 16.9 Å². The number of phenolic OH excluding ortho intramolecular Hbond substituents is 1. The minimum absolute atomic E-state index is 0. The number of hydrogen-bond acceptors (Lipinski definition) is 4. The topological polar surface area (TPSA) is 64.1 Å². The number of benzene rings is 8. The van der Waals surface area contributed by atoms with Gasteiger partial charge in [0.15, 0.2) is 0 Å². The van der Waals surface area contributed by atoms with E-state index in [1.165, 1.54) is 0 Å². The molecule has 8 aromatic carbocycles. The van der Waals surface area contributed by atoms with Crippen molar-refractivity contribution in [2.24, 2.45) is 0 Å². The maximum atomic E-state index is 10.9. The molecule has 0 saturated heterocycles. The molecule has 0 spiro atoms. The zero-order valence-corrected chi connectivity index (χ0v) is 38.6. The van der Waals surface area contributed by atoms with Crippen molar-refractivity contribution < 1.29 is 30.6 Å². The molecule has 12 rings (SSSR count). The van der Waals surface area contributed by atoms with Crippen molar-refractivity contribution in [3.63, 3.8) is 0 Å². The van der Waals surface area contributed by atoms with Gasteiger partial charge in [0.2, 0.25) is 0 Å². The second kappa shape index (κ2) is 17.4. The molecule has 12 aromatic rings. The Morgan fingerprint density at radius 2 is 1.07 bits per heavy atom. The van der Waals surface area contributed by atoms with Crippen molar-refractivity contribution in [2.45, 2.75) is 6.92 Å². The molecular weight excluding hydrogens is 1000 g/mol. The molecule has 0 saturated carbocycles. The van der Waals surface area contributed by atoms with E-state index in [-0.39, 0.29) is 26.8 Å². The summed E-state index contributed by atoms with van der Waals surface area (Å²) in [6.07, 6.45) is 0. The molecule has 0 amide bonds. The SMILES string of the molecule is Cc1cc(-c2c(-c3ccc4c(c3)oc3c(-c5ccccc5)cccc34)c3ccccc3n2-c2ccccc2)cc(-c2[c-]c(-c3cc(-c4ccccc4)cc(-c4ccccc4O)n3)ccc2)n1.[Pt]. The Hall–Kier alpha value is -8.11. The van der Waals surface area contributed by atoms with Crippen LogP contribution >= 0.6 is 0 Å². The van der Waals surface area contributed by atoms with Crippen molar-refractivity contribution in [1.29, 1.82) is 0 Å². The second-order valence-corrected chi connectivity index (χ2v) is 16.6. The molecule has 0 unspecified atom stereocenters. The van der Waals surface area contributed by atoms with Crippen LogP contribution in [-0.4, -0.2) is 19.6 Å². The molecule has 6 heteroatoms. The zero-order chi connectivity index (χ0) is 44.1. The average molecular weight is 1040 g/mol. The number of furan rings is 1. The molecule has 4 aromatic heterocycles. The first-order chi connectivity index (χ1) is 32.5. The normalized spacial score (nSPS) is 11.3. The third-order valence-corrected chi connectivity index (χ3v) is 12.4. The summed E-state index contributed by atoms with van der Waals surface area (Å²) in [7, 11) is 0. The number of para-hydroxylation sites is 4. The van der Waals surface area contributed by atoms with E-state index in [9.17, 15) is 5.11 Å². The van der Waals surface area contributed by atoms with Gasteiger partial charge in [-0.25, -0.2) is 0 Å². The van der Waals surface area contributed by atoms with Crippen molar-refractivity contribution in [3.8, 4) is 89.8 Å². The number of pyridine rings is 2. The summed E-state index contributed by atoms with van der Waals surface area (Å²) in [5.41, 5.74) is 17.8. The van der Waals surface area contributed by atoms with Crippen LogP contribution in [0.25, 0.3) is 117 Å². The number of aryl methyl sites for hydroxylation is 1. The Bertz CT molecular complexity index is 3780. The monoisotopic (exact) mass is 1040 g/mol. The number of hydrogen-bond donors (Lipinski definition) is 1. The van der Waals surface area contributed by atoms with E-state index < -0.39 is 0 Å². The Kier molecular flexibility index (Phi) is 10.8. The minimum Gasteiger partial charge on any atom is -0.507 e. The van der Waals surface area contributed by atoms with Crippen LogP contribution in [0.2, 0.25) is 0 Å². The van der Waals surface area contributed by atoms with Crippen molar-refractivity contribution in [2.75, 3.05) is 0 Å². The van der Waals surface area contributed by atoms with E-state index in [2.05, 4.69) is 169 Å². The molecule has 0 bridgehead atoms. The van der Waals surface area contributed by atoms with E-state index in [4.69, 9.17) is 14.4 Å². The third kappa shape index (κ3) is 7.54. The van der Waals surface area contributed by atoms with Gasteiger partial charge in [0.25, 0.3) is 0 Å². The van der Waals surface area contributed by atoms with Gasteiger partial charge in [-0.1, -0.05) is 157 Å². The molecule has 0 radical (unpaired) electrons. The summed E-state index contributed by atoms with van der Waals surface area (Å²) in [6.45, 7) is 2.06. The summed E-state index contributed by atoms with van der Waals surface area (Å²) in [4.78, 5) is 10.3. The number of phenols is 1. The van der Waals surface area contributed by atoms with Gasteiger partial charge in [-0.2, -0.15) is 0 Å². The molecular formula is C61H40N3O2Pt-. The van der Waals surface area contributed by atoms with Crippen molar-refractivity contribution >= 4 is 32.8 Å². The van der Waals surface area contributed by atoms with Crippen LogP contribution < -0.4 is 0 Å². The van der Waals surface area contributed by atoms with Gasteiger partial charge in [-0.05, 0) is 89.3 Å². The summed E-state index contributed by atoms with van der Waals surface area (Å²) >= 11 is 0. The fourth-order valence-electron chi connectivity index (χ4n) is 9.45. The van der Waals surface area contributed by atoms with Gasteiger partial charge in [0.1, 0.15) is 16.9 Å². The van der Waals surface area contributed by atoms with Gasteiger partial charge in [-0.15, -0.1) is 24.3 Å². The molecule has 5 nitrogen and oxygen atoms in total. The molecule has 0 aliphatic rings. The fourth-order valence-corrected chi connectivity index (χ4v) is 9.45. The van der Waals surface area contributed by atoms with Crippen molar-refractivity contribution in [3.05, 3.63) is 230 Å². The largest absolute Gasteiger partial charge is 0.507 e. The second-order valence-electron chi connectivity index (χ2n) is 16.6. The molecule has 67 heavy (non-hydrogen) atoms. The zero-order valence-electron chi connectivity index (χ0n) is 36.3. The number of aromatic nitrogens is 3. The average Bonchev–Trinajstić information content (AvgIpc) is 3.93. The Labute approximate surface area is 402 Å². The first-order valence-electron chi connectivity index (χ1n) is 22.1. The van der Waals surface area contributed by atoms with Gasteiger partial charge >= 0.3 is 0 Å². The van der Waals surface area contributed by atoms with Crippen LogP contribution in [0, 0.1) is 13.0 Å². The van der Waals surface area contributed by atoms with Crippen LogP contribution in [0.4, 0.5) is 0 Å². The van der Waals surface area contributed by atoms with E-state index in [1.807, 2.05) is 60.7 Å². The first kappa shape index (κ1) is 41.6. The Morgan fingerprint density at radius 1 is 0.463 bits per heavy atom. The van der Waals surface area contributed by atoms with Crippen LogP contribution in [-0.2, 0) is 21.1 Å². The molecule has 0 atom stereocenters. The Morgan fingerprint density at radius 3 is 1.85 bits per heavy atom. The molecule has 1 N–H and O–H groups in total. The van der Waals surface area contributed by atoms with Crippen LogP contribution in [0.5, 0.6) is 5.75 Å². The van der Waals surface area contributed by atoms with E-state index in [0.29, 0.717) is 11.3 Å². The molecule has 4 heterocycles. The van der Waals surface area contributed by atoms with Crippen LogP contribution in [0.3, 0.4) is 0 Å². The molecule has 0 aliphatic heterocycles. The molecule has 0 fully saturated rings. The fraction of sp³-hybridized carbons (Fsp3) is 0.0164. The summed E-state index contributed by atoms with van der Waals surface area (Å²) < 4.78 is 9.20. The predicted octanol–water partition coefficient (Wildman–Crippen LogP) is 15.8. The van der Waals surface area contributed by atoms with Gasteiger partial charge in [0, 0.05) is 76.7 Å². The predicted molar refractivity (Wildman–Crippen MR) is 269 cm³/mol. The summed E-state index contributed by atoms with van der Waals surface area (Å²) in [6, 6.07) is 78.6. The van der Waals surface area contributed by atoms with Crippen LogP contribution in [0.1, 0.15) is 5.69 Å². The number of fused-ring (bicyclic) bond motifs is 4. The molecule has 322 valence electrons. The smallest absolute Gasteiger partial charge is 0.143 e. The number of rotatable bonds is 8. The van der Waals surface area contributed by atoms with Gasteiger partial charge in [-0.3, -0.25) is 9.97 Å². The number of aromatic hydroxyl groups is 1. The number of nitrogens with zero attached hydrogens (tertiary/aromatic N) is 3. The van der Waals surface area contributed by atoms with E-state index in [1.54, 1.807) is 6.07 Å². The Balaban J connectivity index is 0.00000494. The standard InChI is InChI=1S/C61H40N3O2.Pt/c1-39-33-46(37-53(62-39)42-21-15-22-43(34-42)54-35-45(40-17-5-2-6-18-40)36-55(63-54)51-25-12-14-30-57(51)65)60-59(52-26-11-13-29-56(52)64(60)47-23-9-4-10-24-47)44-31-32-49-50-28-16-27-48(41-19-7-3-8-20-41)61(50)66-58(49)38-44;/h2-33,35-38,65H,1H3;/q-1;. The quantitative estimate of drug-likeness (QED) is 0.154. The van der Waals surface area contributed by atoms with Crippen LogP contribution in [0.15, 0.2) is 223 Å². The van der Waals surface area contributed by atoms with E-state index in [0.717, 1.165) is 111 Å². The minimum atomic E-state index is 0. The molecule has 0 aliphatic carbocycles. The van der Waals surface area contributed by atoms with Crippen molar-refractivity contribution in [1.82, 2.24) is 14.5 Å². The van der Waals surface area contributed by atoms with E-state index >= 15 is 0 Å². The maximum Gasteiger partial charge on any atom is 0.143 e. The third-order valence-electron chi connectivity index (χ3n) is 12.4. The first-order valence-corrected chi connectivity index (χ1v) is 22.1. The van der Waals surface area contributed by atoms with Gasteiger partial charge < -0.3 is 14.1 Å². The maximum absolute atomic E-state index is 10.9. The summed E-state index contributed by atoms with van der Waals surface area (Å²) in [5.74, 6) is 0.178. The summed E-state index contributed by atoms with van der Waals surface area (Å²) in [5, 5.41) is 14.2.